The smallest absolute Gasteiger partial charge is 0.321 e. The van der Waals surface area contributed by atoms with Crippen molar-refractivity contribution in [3.63, 3.8) is 0 Å². The Hall–Kier alpha value is -4.19. The minimum atomic E-state index is -4.57. The van der Waals surface area contributed by atoms with Crippen molar-refractivity contribution in [2.75, 3.05) is 6.54 Å². The number of aromatic amines is 1. The zero-order valence-electron chi connectivity index (χ0n) is 18.9. The Kier molecular flexibility index (Phi) is 5.07. The van der Waals surface area contributed by atoms with Gasteiger partial charge in [0.25, 0.3) is 0 Å². The molecule has 0 unspecified atom stereocenters. The molecule has 0 radical (unpaired) electrons. The first kappa shape index (κ1) is 22.3. The van der Waals surface area contributed by atoms with Crippen LogP contribution in [0, 0.1) is 12.7 Å². The number of aromatic nitrogens is 7. The van der Waals surface area contributed by atoms with E-state index in [0.717, 1.165) is 0 Å². The van der Waals surface area contributed by atoms with E-state index in [1.54, 1.807) is 31.3 Å². The third-order valence-corrected chi connectivity index (χ3v) is 6.12. The van der Waals surface area contributed by atoms with Gasteiger partial charge in [0.05, 0.1) is 39.5 Å². The number of H-pyrrole nitrogens is 1. The number of aryl methyl sites for hydroxylation is 1. The molecule has 0 atom stereocenters. The van der Waals surface area contributed by atoms with Crippen LogP contribution in [-0.2, 0) is 19.3 Å². The summed E-state index contributed by atoms with van der Waals surface area (Å²) in [5.41, 5.74) is 4.62. The van der Waals surface area contributed by atoms with Crippen LogP contribution in [0.1, 0.15) is 17.2 Å². The fraction of sp³-hybridized carbons (Fsp3) is 0.208. The van der Waals surface area contributed by atoms with Crippen LogP contribution in [0.3, 0.4) is 0 Å². The van der Waals surface area contributed by atoms with Crippen LogP contribution in [0.25, 0.3) is 44.9 Å². The van der Waals surface area contributed by atoms with Crippen LogP contribution >= 0.6 is 0 Å². The summed E-state index contributed by atoms with van der Waals surface area (Å²) in [5, 5.41) is 10.2. The van der Waals surface area contributed by atoms with E-state index in [2.05, 4.69) is 30.5 Å². The van der Waals surface area contributed by atoms with Crippen LogP contribution < -0.4 is 5.32 Å². The standard InChI is InChI=1S/C24H18F4N8/c1-12-15(25)2-3-18(32-12)22-14(10-31-35-22)16-4-5-17-19(33-16)8-13(9-30-17)21-20-11-29-6-7-36(20)23(34-21)24(26,27)28/h2-5,8-10,29H,6-7,11H2,1H3,(H,31,35). The Morgan fingerprint density at radius 1 is 0.972 bits per heavy atom. The van der Waals surface area contributed by atoms with E-state index < -0.39 is 17.8 Å². The predicted molar refractivity (Wildman–Crippen MR) is 123 cm³/mol. The lowest BCUT2D eigenvalue weighted by Crippen LogP contribution is -2.30. The number of hydrogen-bond acceptors (Lipinski definition) is 6. The molecule has 2 N–H and O–H groups in total. The maximum atomic E-state index is 13.7. The number of fused-ring (bicyclic) bond motifs is 2. The van der Waals surface area contributed by atoms with E-state index in [1.165, 1.54) is 22.9 Å². The highest BCUT2D eigenvalue weighted by Gasteiger charge is 2.39. The number of nitrogens with zero attached hydrogens (tertiary/aromatic N) is 6. The van der Waals surface area contributed by atoms with Gasteiger partial charge < -0.3 is 9.88 Å². The first-order chi connectivity index (χ1) is 17.3. The first-order valence-electron chi connectivity index (χ1n) is 11.1. The number of alkyl halides is 3. The molecular formula is C24H18F4N8. The van der Waals surface area contributed by atoms with Gasteiger partial charge in [-0.15, -0.1) is 0 Å². The number of hydrogen-bond donors (Lipinski definition) is 2. The molecule has 0 spiro atoms. The second kappa shape index (κ2) is 8.19. The Morgan fingerprint density at radius 2 is 1.81 bits per heavy atom. The number of halogens is 4. The third kappa shape index (κ3) is 3.70. The van der Waals surface area contributed by atoms with Crippen LogP contribution in [0.5, 0.6) is 0 Å². The Bertz CT molecular complexity index is 1620. The zero-order chi connectivity index (χ0) is 25.0. The summed E-state index contributed by atoms with van der Waals surface area (Å²) < 4.78 is 55.8. The van der Waals surface area contributed by atoms with Crippen LogP contribution in [0.4, 0.5) is 17.6 Å². The van der Waals surface area contributed by atoms with E-state index in [0.29, 0.717) is 51.5 Å². The van der Waals surface area contributed by atoms with Gasteiger partial charge in [0.1, 0.15) is 11.5 Å². The van der Waals surface area contributed by atoms with E-state index in [-0.39, 0.29) is 24.5 Å². The van der Waals surface area contributed by atoms with Gasteiger partial charge in [-0.25, -0.2) is 19.3 Å². The maximum Gasteiger partial charge on any atom is 0.449 e. The van der Waals surface area contributed by atoms with Gasteiger partial charge in [0.2, 0.25) is 5.82 Å². The SMILES string of the molecule is Cc1nc(-c2n[nH]cc2-c2ccc3ncc(-c4nc(C(F)(F)F)n5c4CNCC5)cc3n2)ccc1F. The summed E-state index contributed by atoms with van der Waals surface area (Å²) in [7, 11) is 0. The molecule has 8 nitrogen and oxygen atoms in total. The zero-order valence-corrected chi connectivity index (χ0v) is 18.9. The molecule has 36 heavy (non-hydrogen) atoms. The van der Waals surface area contributed by atoms with Gasteiger partial charge in [-0.2, -0.15) is 18.3 Å². The average Bonchev–Trinajstić information content (AvgIpc) is 3.50. The molecule has 1 aliphatic heterocycles. The lowest BCUT2D eigenvalue weighted by atomic mass is 10.1. The van der Waals surface area contributed by atoms with Gasteiger partial charge >= 0.3 is 6.18 Å². The van der Waals surface area contributed by atoms with Crippen LogP contribution in [-0.4, -0.2) is 41.2 Å². The van der Waals surface area contributed by atoms with Gasteiger partial charge in [0, 0.05) is 43.2 Å². The maximum absolute atomic E-state index is 13.7. The van der Waals surface area contributed by atoms with Gasteiger partial charge in [0.15, 0.2) is 0 Å². The average molecular weight is 494 g/mol. The summed E-state index contributed by atoms with van der Waals surface area (Å²) >= 11 is 0. The van der Waals surface area contributed by atoms with Crippen molar-refractivity contribution in [3.8, 4) is 33.9 Å². The van der Waals surface area contributed by atoms with Gasteiger partial charge in [-0.3, -0.25) is 10.1 Å². The molecule has 182 valence electrons. The van der Waals surface area contributed by atoms with Gasteiger partial charge in [-0.1, -0.05) is 0 Å². The highest BCUT2D eigenvalue weighted by atomic mass is 19.4. The summed E-state index contributed by atoms with van der Waals surface area (Å²) in [6.45, 7) is 2.45. The molecule has 0 amide bonds. The third-order valence-electron chi connectivity index (χ3n) is 6.12. The molecule has 1 aliphatic rings. The van der Waals surface area contributed by atoms with Crippen molar-refractivity contribution in [1.82, 2.24) is 40.0 Å². The molecule has 0 aromatic carbocycles. The summed E-state index contributed by atoms with van der Waals surface area (Å²) in [6, 6.07) is 8.09. The monoisotopic (exact) mass is 494 g/mol. The lowest BCUT2D eigenvalue weighted by molar-refractivity contribution is -0.147. The second-order valence-corrected chi connectivity index (χ2v) is 8.43. The normalized spacial score (nSPS) is 13.8. The van der Waals surface area contributed by atoms with Crippen molar-refractivity contribution < 1.29 is 17.6 Å². The number of imidazole rings is 1. The fourth-order valence-electron chi connectivity index (χ4n) is 4.39. The highest BCUT2D eigenvalue weighted by molar-refractivity contribution is 5.85. The topological polar surface area (TPSA) is 97.2 Å². The second-order valence-electron chi connectivity index (χ2n) is 8.43. The van der Waals surface area contributed by atoms with Crippen molar-refractivity contribution in [2.24, 2.45) is 0 Å². The first-order valence-corrected chi connectivity index (χ1v) is 11.1. The molecule has 0 saturated heterocycles. The highest BCUT2D eigenvalue weighted by Crippen LogP contribution is 2.35. The summed E-state index contributed by atoms with van der Waals surface area (Å²) in [4.78, 5) is 17.3. The van der Waals surface area contributed by atoms with E-state index in [4.69, 9.17) is 4.98 Å². The Morgan fingerprint density at radius 3 is 2.61 bits per heavy atom. The molecule has 12 heteroatoms. The molecule has 0 aliphatic carbocycles. The van der Waals surface area contributed by atoms with E-state index in [1.807, 2.05) is 0 Å². The fourth-order valence-corrected chi connectivity index (χ4v) is 4.39. The minimum Gasteiger partial charge on any atom is -0.321 e. The molecule has 5 aromatic rings. The number of nitrogens with one attached hydrogen (secondary N) is 2. The molecule has 6 heterocycles. The minimum absolute atomic E-state index is 0.181. The van der Waals surface area contributed by atoms with E-state index in [9.17, 15) is 17.6 Å². The molecule has 5 aromatic heterocycles. The Balaban J connectivity index is 1.45. The van der Waals surface area contributed by atoms with Crippen LogP contribution in [0.2, 0.25) is 0 Å². The quantitative estimate of drug-likeness (QED) is 0.358. The molecule has 6 rings (SSSR count). The number of rotatable bonds is 3. The summed E-state index contributed by atoms with van der Waals surface area (Å²) in [6.07, 6.45) is -1.39. The molecule has 0 fully saturated rings. The number of pyridine rings is 3. The molecular weight excluding hydrogens is 476 g/mol. The van der Waals surface area contributed by atoms with Crippen molar-refractivity contribution in [1.29, 1.82) is 0 Å². The largest absolute Gasteiger partial charge is 0.449 e. The lowest BCUT2D eigenvalue weighted by Gasteiger charge is -2.19. The predicted octanol–water partition coefficient (Wildman–Crippen LogP) is 4.51. The van der Waals surface area contributed by atoms with Gasteiger partial charge in [-0.05, 0) is 37.3 Å². The van der Waals surface area contributed by atoms with E-state index >= 15 is 0 Å². The Labute approximate surface area is 201 Å². The summed E-state index contributed by atoms with van der Waals surface area (Å²) in [5.74, 6) is -1.33. The van der Waals surface area contributed by atoms with Crippen LogP contribution in [0.15, 0.2) is 42.7 Å². The van der Waals surface area contributed by atoms with Crippen molar-refractivity contribution in [3.05, 3.63) is 65.8 Å². The van der Waals surface area contributed by atoms with Crippen molar-refractivity contribution >= 4 is 11.0 Å². The molecule has 0 bridgehead atoms. The molecule has 0 saturated carbocycles. The van der Waals surface area contributed by atoms with Crippen molar-refractivity contribution in [2.45, 2.75) is 26.2 Å².